The van der Waals surface area contributed by atoms with E-state index in [-0.39, 0.29) is 30.2 Å². The Morgan fingerprint density at radius 2 is 1.64 bits per heavy atom. The molecule has 3 aromatic rings. The van der Waals surface area contributed by atoms with E-state index in [9.17, 15) is 9.59 Å². The fourth-order valence-electron chi connectivity index (χ4n) is 2.63. The van der Waals surface area contributed by atoms with Crippen LogP contribution in [0, 0.1) is 0 Å². The van der Waals surface area contributed by atoms with Gasteiger partial charge in [0, 0.05) is 5.56 Å². The molecule has 0 aliphatic heterocycles. The molecule has 0 bridgehead atoms. The van der Waals surface area contributed by atoms with E-state index in [1.54, 1.807) is 13.8 Å². The second-order valence-corrected chi connectivity index (χ2v) is 5.20. The first-order valence-electron chi connectivity index (χ1n) is 7.99. The zero-order valence-corrected chi connectivity index (χ0v) is 13.9. The van der Waals surface area contributed by atoms with Crippen LogP contribution in [0.1, 0.15) is 34.8 Å². The van der Waals surface area contributed by atoms with E-state index >= 15 is 0 Å². The first kappa shape index (κ1) is 16.7. The average molecular weight is 339 g/mol. The van der Waals surface area contributed by atoms with Gasteiger partial charge in [-0.15, -0.1) is 0 Å². The van der Waals surface area contributed by atoms with Crippen molar-refractivity contribution >= 4 is 22.7 Å². The molecule has 0 unspecified atom stereocenters. The highest BCUT2D eigenvalue weighted by Gasteiger charge is 2.31. The summed E-state index contributed by atoms with van der Waals surface area (Å²) in [7, 11) is 0. The number of rotatable bonds is 5. The number of carbonyl (C=O) groups is 2. The van der Waals surface area contributed by atoms with E-state index in [1.165, 1.54) is 0 Å². The summed E-state index contributed by atoms with van der Waals surface area (Å²) in [5.41, 5.74) is 0.926. The summed E-state index contributed by atoms with van der Waals surface area (Å²) >= 11 is 0. The number of ether oxygens (including phenoxy) is 2. The number of carbonyl (C=O) groups excluding carboxylic acids is 2. The molecule has 0 aliphatic rings. The van der Waals surface area contributed by atoms with Crippen LogP contribution in [0.25, 0.3) is 22.0 Å². The Kier molecular flexibility index (Phi) is 4.79. The quantitative estimate of drug-likeness (QED) is 0.657. The van der Waals surface area contributed by atoms with Crippen LogP contribution in [0.2, 0.25) is 0 Å². The maximum absolute atomic E-state index is 12.4. The first-order chi connectivity index (χ1) is 12.2. The molecule has 1 heterocycles. The maximum atomic E-state index is 12.4. The lowest BCUT2D eigenvalue weighted by Gasteiger charge is -2.06. The number of nitrogens with zero attached hydrogens (tertiary/aromatic N) is 1. The molecule has 0 saturated carbocycles. The molecule has 25 heavy (non-hydrogen) atoms. The minimum absolute atomic E-state index is 0.0170. The van der Waals surface area contributed by atoms with Gasteiger partial charge in [-0.1, -0.05) is 47.6 Å². The molecule has 2 aromatic carbocycles. The van der Waals surface area contributed by atoms with Gasteiger partial charge in [-0.25, -0.2) is 9.59 Å². The highest BCUT2D eigenvalue weighted by atomic mass is 16.6. The highest BCUT2D eigenvalue weighted by molar-refractivity contribution is 6.08. The van der Waals surface area contributed by atoms with Gasteiger partial charge in [0.1, 0.15) is 11.3 Å². The molecule has 0 aliphatic carbocycles. The molecule has 128 valence electrons. The third-order valence-electron chi connectivity index (χ3n) is 3.68. The fraction of sp³-hybridized carbons (Fsp3) is 0.211. The second-order valence-electron chi connectivity index (χ2n) is 5.20. The zero-order valence-electron chi connectivity index (χ0n) is 13.9. The van der Waals surface area contributed by atoms with Crippen molar-refractivity contribution in [1.82, 2.24) is 5.16 Å². The first-order valence-corrected chi connectivity index (χ1v) is 7.99. The smallest absolute Gasteiger partial charge is 0.378 e. The summed E-state index contributed by atoms with van der Waals surface area (Å²) in [6.07, 6.45) is 0. The molecular weight excluding hydrogens is 322 g/mol. The molecule has 0 amide bonds. The van der Waals surface area contributed by atoms with Gasteiger partial charge < -0.3 is 14.0 Å². The van der Waals surface area contributed by atoms with E-state index in [0.29, 0.717) is 5.56 Å². The third kappa shape index (κ3) is 3.10. The van der Waals surface area contributed by atoms with Crippen LogP contribution in [0.15, 0.2) is 47.0 Å². The average Bonchev–Trinajstić information content (AvgIpc) is 3.06. The summed E-state index contributed by atoms with van der Waals surface area (Å²) in [5.74, 6) is -1.66. The fourth-order valence-corrected chi connectivity index (χ4v) is 2.63. The minimum atomic E-state index is -0.746. The van der Waals surface area contributed by atoms with Crippen molar-refractivity contribution in [2.45, 2.75) is 13.8 Å². The second kappa shape index (κ2) is 7.17. The van der Waals surface area contributed by atoms with Crippen LogP contribution in [0.5, 0.6) is 0 Å². The summed E-state index contributed by atoms with van der Waals surface area (Å²) in [6.45, 7) is 3.68. The zero-order chi connectivity index (χ0) is 17.8. The Morgan fingerprint density at radius 1 is 0.960 bits per heavy atom. The molecule has 0 atom stereocenters. The van der Waals surface area contributed by atoms with Gasteiger partial charge in [-0.3, -0.25) is 0 Å². The number of hydrogen-bond acceptors (Lipinski definition) is 6. The largest absolute Gasteiger partial charge is 0.462 e. The molecule has 0 spiro atoms. The molecule has 0 N–H and O–H groups in total. The number of aromatic nitrogens is 1. The van der Waals surface area contributed by atoms with Crippen molar-refractivity contribution in [3.05, 3.63) is 53.8 Å². The SMILES string of the molecule is CCOC(=O)c1onc(-c2cccc3ccccc23)c1C(=O)OCC. The van der Waals surface area contributed by atoms with E-state index in [4.69, 9.17) is 14.0 Å². The standard InChI is InChI=1S/C19H17NO5/c1-3-23-18(21)15-16(20-25-17(15)19(22)24-4-2)14-11-7-9-12-8-5-6-10-13(12)14/h5-11H,3-4H2,1-2H3. The van der Waals surface area contributed by atoms with Crippen LogP contribution in [0.3, 0.4) is 0 Å². The lowest BCUT2D eigenvalue weighted by Crippen LogP contribution is -2.13. The van der Waals surface area contributed by atoms with Gasteiger partial charge in [-0.2, -0.15) is 0 Å². The van der Waals surface area contributed by atoms with Crippen molar-refractivity contribution in [1.29, 1.82) is 0 Å². The highest BCUT2D eigenvalue weighted by Crippen LogP contribution is 2.32. The predicted octanol–water partition coefficient (Wildman–Crippen LogP) is 3.85. The van der Waals surface area contributed by atoms with Crippen molar-refractivity contribution < 1.29 is 23.6 Å². The molecule has 0 fully saturated rings. The predicted molar refractivity (Wildman–Crippen MR) is 91.4 cm³/mol. The van der Waals surface area contributed by atoms with E-state index in [1.807, 2.05) is 42.5 Å². The molecular formula is C19H17NO5. The van der Waals surface area contributed by atoms with Gasteiger partial charge >= 0.3 is 11.9 Å². The molecule has 0 radical (unpaired) electrons. The van der Waals surface area contributed by atoms with Crippen LogP contribution in [-0.4, -0.2) is 30.3 Å². The van der Waals surface area contributed by atoms with Gasteiger partial charge in [0.15, 0.2) is 0 Å². The maximum Gasteiger partial charge on any atom is 0.378 e. The van der Waals surface area contributed by atoms with Gasteiger partial charge in [0.05, 0.1) is 13.2 Å². The third-order valence-corrected chi connectivity index (χ3v) is 3.68. The Morgan fingerprint density at radius 3 is 2.40 bits per heavy atom. The molecule has 1 aromatic heterocycles. The van der Waals surface area contributed by atoms with Crippen molar-refractivity contribution in [2.75, 3.05) is 13.2 Å². The van der Waals surface area contributed by atoms with Crippen LogP contribution in [0.4, 0.5) is 0 Å². The Labute approximate surface area is 144 Å². The van der Waals surface area contributed by atoms with Crippen LogP contribution in [-0.2, 0) is 9.47 Å². The summed E-state index contributed by atoms with van der Waals surface area (Å²) in [6, 6.07) is 13.3. The van der Waals surface area contributed by atoms with Gasteiger partial charge in [-0.05, 0) is 24.6 Å². The molecule has 6 heteroatoms. The molecule has 0 saturated heterocycles. The van der Waals surface area contributed by atoms with Crippen molar-refractivity contribution in [2.24, 2.45) is 0 Å². The number of hydrogen-bond donors (Lipinski definition) is 0. The molecule has 3 rings (SSSR count). The minimum Gasteiger partial charge on any atom is -0.462 e. The van der Waals surface area contributed by atoms with Crippen LogP contribution < -0.4 is 0 Å². The monoisotopic (exact) mass is 339 g/mol. The number of fused-ring (bicyclic) bond motifs is 1. The number of esters is 2. The van der Waals surface area contributed by atoms with E-state index < -0.39 is 11.9 Å². The lowest BCUT2D eigenvalue weighted by molar-refractivity contribution is 0.0445. The molecule has 6 nitrogen and oxygen atoms in total. The summed E-state index contributed by atoms with van der Waals surface area (Å²) < 4.78 is 15.2. The normalized spacial score (nSPS) is 10.6. The Hall–Kier alpha value is -3.15. The summed E-state index contributed by atoms with van der Waals surface area (Å²) in [5, 5.41) is 5.84. The summed E-state index contributed by atoms with van der Waals surface area (Å²) in [4.78, 5) is 24.6. The lowest BCUT2D eigenvalue weighted by atomic mass is 9.99. The van der Waals surface area contributed by atoms with Gasteiger partial charge in [0.25, 0.3) is 5.76 Å². The van der Waals surface area contributed by atoms with Crippen molar-refractivity contribution in [3.63, 3.8) is 0 Å². The number of benzene rings is 2. The van der Waals surface area contributed by atoms with Crippen molar-refractivity contribution in [3.8, 4) is 11.3 Å². The Balaban J connectivity index is 2.21. The van der Waals surface area contributed by atoms with Gasteiger partial charge in [0.2, 0.25) is 0 Å². The van der Waals surface area contributed by atoms with E-state index in [0.717, 1.165) is 10.8 Å². The topological polar surface area (TPSA) is 78.6 Å². The van der Waals surface area contributed by atoms with Crippen LogP contribution >= 0.6 is 0 Å². The Bertz CT molecular complexity index is 923. The van der Waals surface area contributed by atoms with E-state index in [2.05, 4.69) is 5.16 Å².